The van der Waals surface area contributed by atoms with E-state index in [2.05, 4.69) is 55.4 Å². The van der Waals surface area contributed by atoms with Gasteiger partial charge >= 0.3 is 0 Å². The molecule has 1 aliphatic rings. The molecule has 2 rings (SSSR count). The fraction of sp³-hybridized carbons (Fsp3) is 0.647. The maximum Gasteiger partial charge on any atom is 0.0755 e. The SMILES string of the molecule is CCCNCC1CCC(CN(C)c2cccc(C)c2)O1. The van der Waals surface area contributed by atoms with Crippen LogP contribution in [0.4, 0.5) is 5.69 Å². The number of rotatable bonds is 7. The first-order valence-electron chi connectivity index (χ1n) is 7.83. The summed E-state index contributed by atoms with van der Waals surface area (Å²) < 4.78 is 6.13. The van der Waals surface area contributed by atoms with Gasteiger partial charge in [0.25, 0.3) is 0 Å². The van der Waals surface area contributed by atoms with E-state index in [-0.39, 0.29) is 0 Å². The van der Waals surface area contributed by atoms with Gasteiger partial charge in [0.15, 0.2) is 0 Å². The molecule has 0 aromatic heterocycles. The van der Waals surface area contributed by atoms with Gasteiger partial charge in [-0.1, -0.05) is 19.1 Å². The van der Waals surface area contributed by atoms with Crippen LogP contribution in [0.3, 0.4) is 0 Å². The Balaban J connectivity index is 1.77. The molecule has 0 radical (unpaired) electrons. The monoisotopic (exact) mass is 276 g/mol. The Kier molecular flexibility index (Phi) is 5.86. The zero-order valence-corrected chi connectivity index (χ0v) is 13.1. The van der Waals surface area contributed by atoms with E-state index in [9.17, 15) is 0 Å². The smallest absolute Gasteiger partial charge is 0.0755 e. The highest BCUT2D eigenvalue weighted by atomic mass is 16.5. The van der Waals surface area contributed by atoms with Crippen LogP contribution in [0.1, 0.15) is 31.7 Å². The minimum atomic E-state index is 0.369. The number of likely N-dealkylation sites (N-methyl/N-ethyl adjacent to an activating group) is 1. The van der Waals surface area contributed by atoms with E-state index in [1.165, 1.54) is 30.5 Å². The lowest BCUT2D eigenvalue weighted by Gasteiger charge is -2.24. The van der Waals surface area contributed by atoms with Gasteiger partial charge < -0.3 is 15.0 Å². The molecule has 1 saturated heterocycles. The Hall–Kier alpha value is -1.06. The molecule has 0 spiro atoms. The minimum Gasteiger partial charge on any atom is -0.372 e. The Morgan fingerprint density at radius 2 is 2.10 bits per heavy atom. The summed E-state index contributed by atoms with van der Waals surface area (Å²) in [5, 5.41) is 3.45. The predicted molar refractivity (Wildman–Crippen MR) is 85.5 cm³/mol. The zero-order chi connectivity index (χ0) is 14.4. The van der Waals surface area contributed by atoms with Crippen molar-refractivity contribution in [2.45, 2.75) is 45.3 Å². The number of ether oxygens (including phenoxy) is 1. The number of aryl methyl sites for hydroxylation is 1. The molecule has 1 fully saturated rings. The molecule has 1 aromatic rings. The molecule has 20 heavy (non-hydrogen) atoms. The summed E-state index contributed by atoms with van der Waals surface area (Å²) >= 11 is 0. The molecule has 112 valence electrons. The third-order valence-electron chi connectivity index (χ3n) is 3.91. The van der Waals surface area contributed by atoms with Gasteiger partial charge in [0.2, 0.25) is 0 Å². The summed E-state index contributed by atoms with van der Waals surface area (Å²) in [7, 11) is 2.15. The summed E-state index contributed by atoms with van der Waals surface area (Å²) in [5.74, 6) is 0. The third kappa shape index (κ3) is 4.50. The molecule has 3 nitrogen and oxygen atoms in total. The molecule has 0 amide bonds. The molecule has 1 aromatic carbocycles. The average molecular weight is 276 g/mol. The van der Waals surface area contributed by atoms with Crippen LogP contribution < -0.4 is 10.2 Å². The van der Waals surface area contributed by atoms with Gasteiger partial charge in [-0.25, -0.2) is 0 Å². The molecule has 2 unspecified atom stereocenters. The van der Waals surface area contributed by atoms with Crippen LogP contribution in [0.25, 0.3) is 0 Å². The molecule has 3 heteroatoms. The number of anilines is 1. The fourth-order valence-corrected chi connectivity index (χ4v) is 2.78. The summed E-state index contributed by atoms with van der Waals surface area (Å²) in [6.07, 6.45) is 4.32. The van der Waals surface area contributed by atoms with Gasteiger partial charge in [0, 0.05) is 25.8 Å². The zero-order valence-electron chi connectivity index (χ0n) is 13.1. The number of hydrogen-bond acceptors (Lipinski definition) is 3. The standard InChI is InChI=1S/C17H28N2O/c1-4-10-18-12-16-8-9-17(20-16)13-19(3)15-7-5-6-14(2)11-15/h5-7,11,16-18H,4,8-10,12-13H2,1-3H3. The van der Waals surface area contributed by atoms with Crippen molar-refractivity contribution in [3.05, 3.63) is 29.8 Å². The molecule has 1 N–H and O–H groups in total. The summed E-state index contributed by atoms with van der Waals surface area (Å²) in [6, 6.07) is 8.66. The highest BCUT2D eigenvalue weighted by Crippen LogP contribution is 2.22. The minimum absolute atomic E-state index is 0.369. The second kappa shape index (κ2) is 7.65. The Morgan fingerprint density at radius 3 is 2.85 bits per heavy atom. The van der Waals surface area contributed by atoms with E-state index >= 15 is 0 Å². The number of nitrogens with one attached hydrogen (secondary N) is 1. The van der Waals surface area contributed by atoms with Gasteiger partial charge in [0.1, 0.15) is 0 Å². The quantitative estimate of drug-likeness (QED) is 0.775. The van der Waals surface area contributed by atoms with Crippen LogP contribution in [0, 0.1) is 6.92 Å². The first kappa shape index (κ1) is 15.3. The third-order valence-corrected chi connectivity index (χ3v) is 3.91. The average Bonchev–Trinajstić information content (AvgIpc) is 2.86. The van der Waals surface area contributed by atoms with E-state index < -0.39 is 0 Å². The highest BCUT2D eigenvalue weighted by molar-refractivity contribution is 5.47. The van der Waals surface area contributed by atoms with Crippen molar-refractivity contribution < 1.29 is 4.74 Å². The van der Waals surface area contributed by atoms with Gasteiger partial charge in [-0.15, -0.1) is 0 Å². The van der Waals surface area contributed by atoms with Crippen molar-refractivity contribution in [2.24, 2.45) is 0 Å². The van der Waals surface area contributed by atoms with E-state index in [0.29, 0.717) is 12.2 Å². The topological polar surface area (TPSA) is 24.5 Å². The van der Waals surface area contributed by atoms with Crippen molar-refractivity contribution >= 4 is 5.69 Å². The Labute approximate surface area is 123 Å². The van der Waals surface area contributed by atoms with E-state index in [1.807, 2.05) is 0 Å². The van der Waals surface area contributed by atoms with Crippen molar-refractivity contribution in [3.63, 3.8) is 0 Å². The van der Waals surface area contributed by atoms with Crippen molar-refractivity contribution in [1.82, 2.24) is 5.32 Å². The highest BCUT2D eigenvalue weighted by Gasteiger charge is 2.25. The lowest BCUT2D eigenvalue weighted by Crippen LogP contribution is -2.32. The molecule has 2 atom stereocenters. The molecule has 0 bridgehead atoms. The second-order valence-electron chi connectivity index (χ2n) is 5.88. The van der Waals surface area contributed by atoms with Crippen LogP contribution >= 0.6 is 0 Å². The van der Waals surface area contributed by atoms with Gasteiger partial charge in [-0.05, 0) is 50.4 Å². The normalized spacial score (nSPS) is 22.1. The molecule has 0 saturated carbocycles. The Bertz CT molecular complexity index is 408. The largest absolute Gasteiger partial charge is 0.372 e. The van der Waals surface area contributed by atoms with E-state index in [0.717, 1.165) is 19.6 Å². The molecular weight excluding hydrogens is 248 g/mol. The summed E-state index contributed by atoms with van der Waals surface area (Å²) in [5.41, 5.74) is 2.59. The van der Waals surface area contributed by atoms with Gasteiger partial charge in [0.05, 0.1) is 12.2 Å². The maximum absolute atomic E-state index is 6.13. The number of nitrogens with zero attached hydrogens (tertiary/aromatic N) is 1. The van der Waals surface area contributed by atoms with Crippen LogP contribution in [-0.2, 0) is 4.74 Å². The van der Waals surface area contributed by atoms with E-state index in [4.69, 9.17) is 4.74 Å². The van der Waals surface area contributed by atoms with Crippen molar-refractivity contribution in [3.8, 4) is 0 Å². The molecule has 1 aliphatic heterocycles. The van der Waals surface area contributed by atoms with Crippen LogP contribution in [0.15, 0.2) is 24.3 Å². The van der Waals surface area contributed by atoms with Gasteiger partial charge in [-0.2, -0.15) is 0 Å². The molecular formula is C17H28N2O. The lowest BCUT2D eigenvalue weighted by atomic mass is 10.1. The maximum atomic E-state index is 6.13. The first-order valence-corrected chi connectivity index (χ1v) is 7.83. The summed E-state index contributed by atoms with van der Waals surface area (Å²) in [6.45, 7) is 7.40. The van der Waals surface area contributed by atoms with Crippen LogP contribution in [0.5, 0.6) is 0 Å². The number of hydrogen-bond donors (Lipinski definition) is 1. The number of benzene rings is 1. The van der Waals surface area contributed by atoms with E-state index in [1.54, 1.807) is 0 Å². The summed E-state index contributed by atoms with van der Waals surface area (Å²) in [4.78, 5) is 2.31. The fourth-order valence-electron chi connectivity index (χ4n) is 2.78. The van der Waals surface area contributed by atoms with Crippen LogP contribution in [0.2, 0.25) is 0 Å². The van der Waals surface area contributed by atoms with Crippen molar-refractivity contribution in [1.29, 1.82) is 0 Å². The van der Waals surface area contributed by atoms with Crippen molar-refractivity contribution in [2.75, 3.05) is 31.6 Å². The first-order chi connectivity index (χ1) is 9.69. The second-order valence-corrected chi connectivity index (χ2v) is 5.88. The van der Waals surface area contributed by atoms with Gasteiger partial charge in [-0.3, -0.25) is 0 Å². The molecule has 1 heterocycles. The van der Waals surface area contributed by atoms with Crippen LogP contribution in [-0.4, -0.2) is 38.9 Å². The Morgan fingerprint density at radius 1 is 1.30 bits per heavy atom. The lowest BCUT2D eigenvalue weighted by molar-refractivity contribution is 0.0501. The predicted octanol–water partition coefficient (Wildman–Crippen LogP) is 2.98. The molecule has 0 aliphatic carbocycles.